The second kappa shape index (κ2) is 7.83. The number of nitrogens with zero attached hydrogens (tertiary/aromatic N) is 1. The molecule has 0 saturated carbocycles. The highest BCUT2D eigenvalue weighted by Gasteiger charge is 2.20. The van der Waals surface area contributed by atoms with Crippen LogP contribution in [0.1, 0.15) is 29.6 Å². The zero-order valence-electron chi connectivity index (χ0n) is 10.2. The topological polar surface area (TPSA) is 72.2 Å². The van der Waals surface area contributed by atoms with E-state index in [9.17, 15) is 19.3 Å². The average Bonchev–Trinajstić information content (AvgIpc) is 2.37. The van der Waals surface area contributed by atoms with Gasteiger partial charge in [-0.1, -0.05) is 22.4 Å². The summed E-state index contributed by atoms with van der Waals surface area (Å²) in [4.78, 5) is 21.8. The molecule has 0 atom stereocenters. The standard InChI is InChI=1S/C12H14BrFN2O3/c13-6-2-1-3-7-15-12(17)10-8-9(14)4-5-11(10)16(18)19/h4-5,8H,1-3,6-7H2,(H,15,17). The summed E-state index contributed by atoms with van der Waals surface area (Å²) < 4.78 is 13.1. The van der Waals surface area contributed by atoms with Crippen LogP contribution in [0.4, 0.5) is 10.1 Å². The van der Waals surface area contributed by atoms with Gasteiger partial charge in [-0.25, -0.2) is 4.39 Å². The third-order valence-corrected chi connectivity index (χ3v) is 3.06. The molecule has 0 aliphatic rings. The van der Waals surface area contributed by atoms with Crippen molar-refractivity contribution in [3.05, 3.63) is 39.7 Å². The fourth-order valence-electron chi connectivity index (χ4n) is 1.54. The molecule has 0 heterocycles. The number of nitro benzene ring substituents is 1. The van der Waals surface area contributed by atoms with Gasteiger partial charge in [0.1, 0.15) is 11.4 Å². The zero-order chi connectivity index (χ0) is 14.3. The molecule has 19 heavy (non-hydrogen) atoms. The fraction of sp³-hybridized carbons (Fsp3) is 0.417. The van der Waals surface area contributed by atoms with Crippen molar-refractivity contribution in [3.8, 4) is 0 Å². The number of carbonyl (C=O) groups is 1. The van der Waals surface area contributed by atoms with Crippen LogP contribution >= 0.6 is 15.9 Å². The summed E-state index contributed by atoms with van der Waals surface area (Å²) in [5, 5.41) is 14.2. The predicted octanol–water partition coefficient (Wildman–Crippen LogP) is 3.03. The number of amides is 1. The Morgan fingerprint density at radius 2 is 2.11 bits per heavy atom. The number of nitrogens with one attached hydrogen (secondary N) is 1. The van der Waals surface area contributed by atoms with E-state index in [0.717, 1.165) is 42.8 Å². The number of carbonyl (C=O) groups excluding carboxylic acids is 1. The van der Waals surface area contributed by atoms with E-state index in [-0.39, 0.29) is 11.3 Å². The van der Waals surface area contributed by atoms with Gasteiger partial charge in [-0.05, 0) is 25.0 Å². The summed E-state index contributed by atoms with van der Waals surface area (Å²) in [6.07, 6.45) is 2.72. The molecular weight excluding hydrogens is 319 g/mol. The van der Waals surface area contributed by atoms with Gasteiger partial charge in [0.05, 0.1) is 4.92 Å². The van der Waals surface area contributed by atoms with E-state index in [1.807, 2.05) is 0 Å². The molecule has 5 nitrogen and oxygen atoms in total. The molecule has 0 aliphatic heterocycles. The molecule has 1 N–H and O–H groups in total. The highest BCUT2D eigenvalue weighted by atomic mass is 79.9. The lowest BCUT2D eigenvalue weighted by Crippen LogP contribution is -2.25. The number of unbranched alkanes of at least 4 members (excludes halogenated alkanes) is 2. The summed E-state index contributed by atoms with van der Waals surface area (Å²) >= 11 is 3.30. The van der Waals surface area contributed by atoms with E-state index < -0.39 is 16.6 Å². The minimum atomic E-state index is -0.695. The lowest BCUT2D eigenvalue weighted by atomic mass is 10.1. The van der Waals surface area contributed by atoms with Crippen LogP contribution in [0.2, 0.25) is 0 Å². The van der Waals surface area contributed by atoms with Gasteiger partial charge in [0.15, 0.2) is 0 Å². The molecular formula is C12H14BrFN2O3. The van der Waals surface area contributed by atoms with Crippen molar-refractivity contribution >= 4 is 27.5 Å². The second-order valence-corrected chi connectivity index (χ2v) is 4.72. The van der Waals surface area contributed by atoms with E-state index in [0.29, 0.717) is 6.54 Å². The molecule has 0 aliphatic carbocycles. The lowest BCUT2D eigenvalue weighted by Gasteiger charge is -2.05. The zero-order valence-corrected chi connectivity index (χ0v) is 11.8. The van der Waals surface area contributed by atoms with Gasteiger partial charge >= 0.3 is 0 Å². The average molecular weight is 333 g/mol. The van der Waals surface area contributed by atoms with Gasteiger partial charge in [-0.3, -0.25) is 14.9 Å². The van der Waals surface area contributed by atoms with Crippen molar-refractivity contribution < 1.29 is 14.1 Å². The third kappa shape index (κ3) is 4.94. The molecule has 0 radical (unpaired) electrons. The smallest absolute Gasteiger partial charge is 0.282 e. The monoisotopic (exact) mass is 332 g/mol. The molecule has 0 fully saturated rings. The SMILES string of the molecule is O=C(NCCCCCBr)c1cc(F)ccc1[N+](=O)[O-]. The van der Waals surface area contributed by atoms with Gasteiger partial charge in [0.25, 0.3) is 11.6 Å². The molecule has 1 aromatic carbocycles. The van der Waals surface area contributed by atoms with Crippen LogP contribution in [0, 0.1) is 15.9 Å². The van der Waals surface area contributed by atoms with E-state index in [1.165, 1.54) is 0 Å². The van der Waals surface area contributed by atoms with E-state index >= 15 is 0 Å². The second-order valence-electron chi connectivity index (χ2n) is 3.92. The third-order valence-electron chi connectivity index (χ3n) is 2.50. The van der Waals surface area contributed by atoms with Gasteiger partial charge in [0.2, 0.25) is 0 Å². The molecule has 104 valence electrons. The van der Waals surface area contributed by atoms with E-state index in [1.54, 1.807) is 0 Å². The van der Waals surface area contributed by atoms with Gasteiger partial charge < -0.3 is 5.32 Å². The molecule has 1 rings (SSSR count). The molecule has 7 heteroatoms. The largest absolute Gasteiger partial charge is 0.352 e. The van der Waals surface area contributed by atoms with E-state index in [4.69, 9.17) is 0 Å². The van der Waals surface area contributed by atoms with Crippen LogP contribution in [-0.2, 0) is 0 Å². The van der Waals surface area contributed by atoms with Crippen LogP contribution in [0.3, 0.4) is 0 Å². The minimum absolute atomic E-state index is 0.245. The van der Waals surface area contributed by atoms with Crippen molar-refractivity contribution in [1.82, 2.24) is 5.32 Å². The number of hydrogen-bond donors (Lipinski definition) is 1. The Balaban J connectivity index is 2.65. The fourth-order valence-corrected chi connectivity index (χ4v) is 1.94. The van der Waals surface area contributed by atoms with E-state index in [2.05, 4.69) is 21.2 Å². The number of alkyl halides is 1. The van der Waals surface area contributed by atoms with Crippen LogP contribution in [-0.4, -0.2) is 22.7 Å². The Hall–Kier alpha value is -1.50. The summed E-state index contributed by atoms with van der Waals surface area (Å²) in [6.45, 7) is 0.416. The summed E-state index contributed by atoms with van der Waals surface area (Å²) in [5.41, 5.74) is -0.634. The van der Waals surface area contributed by atoms with Crippen LogP contribution in [0.25, 0.3) is 0 Å². The van der Waals surface area contributed by atoms with Gasteiger partial charge in [-0.2, -0.15) is 0 Å². The summed E-state index contributed by atoms with van der Waals surface area (Å²) in [5.74, 6) is -1.29. The molecule has 0 aromatic heterocycles. The van der Waals surface area contributed by atoms with Crippen molar-refractivity contribution in [2.45, 2.75) is 19.3 Å². The van der Waals surface area contributed by atoms with Gasteiger partial charge in [-0.15, -0.1) is 0 Å². The van der Waals surface area contributed by atoms with Crippen molar-refractivity contribution in [2.75, 3.05) is 11.9 Å². The van der Waals surface area contributed by atoms with Crippen molar-refractivity contribution in [1.29, 1.82) is 0 Å². The van der Waals surface area contributed by atoms with Crippen molar-refractivity contribution in [2.24, 2.45) is 0 Å². The lowest BCUT2D eigenvalue weighted by molar-refractivity contribution is -0.385. The Morgan fingerprint density at radius 3 is 2.74 bits per heavy atom. The number of nitro groups is 1. The Labute approximate surface area is 118 Å². The molecule has 0 spiro atoms. The first kappa shape index (κ1) is 15.6. The molecule has 0 saturated heterocycles. The Morgan fingerprint density at radius 1 is 1.37 bits per heavy atom. The Bertz CT molecular complexity index is 468. The summed E-state index contributed by atoms with van der Waals surface area (Å²) in [7, 11) is 0. The maximum Gasteiger partial charge on any atom is 0.282 e. The number of benzene rings is 1. The van der Waals surface area contributed by atoms with Crippen LogP contribution in [0.15, 0.2) is 18.2 Å². The first-order valence-electron chi connectivity index (χ1n) is 5.84. The first-order chi connectivity index (χ1) is 9.06. The molecule has 1 aromatic rings. The van der Waals surface area contributed by atoms with Crippen LogP contribution in [0.5, 0.6) is 0 Å². The number of hydrogen-bond acceptors (Lipinski definition) is 3. The van der Waals surface area contributed by atoms with Crippen molar-refractivity contribution in [3.63, 3.8) is 0 Å². The normalized spacial score (nSPS) is 10.2. The first-order valence-corrected chi connectivity index (χ1v) is 6.96. The maximum atomic E-state index is 13.1. The molecule has 0 bridgehead atoms. The van der Waals surface area contributed by atoms with Crippen LogP contribution < -0.4 is 5.32 Å². The highest BCUT2D eigenvalue weighted by molar-refractivity contribution is 9.09. The quantitative estimate of drug-likeness (QED) is 0.361. The number of rotatable bonds is 7. The predicted molar refractivity (Wildman–Crippen MR) is 73.0 cm³/mol. The maximum absolute atomic E-state index is 13.1. The molecule has 0 unspecified atom stereocenters. The highest BCUT2D eigenvalue weighted by Crippen LogP contribution is 2.19. The summed E-state index contributed by atoms with van der Waals surface area (Å²) in [6, 6.07) is 2.84. The Kier molecular flexibility index (Phi) is 6.41. The number of halogens is 2. The molecule has 1 amide bonds. The van der Waals surface area contributed by atoms with Gasteiger partial charge in [0, 0.05) is 17.9 Å². The minimum Gasteiger partial charge on any atom is -0.352 e.